The summed E-state index contributed by atoms with van der Waals surface area (Å²) in [5.74, 6) is 0.0650. The Balaban J connectivity index is 1.75. The zero-order valence-electron chi connectivity index (χ0n) is 9.61. The van der Waals surface area contributed by atoms with E-state index < -0.39 is 6.09 Å². The lowest BCUT2D eigenvalue weighted by molar-refractivity contribution is -0.119. The van der Waals surface area contributed by atoms with E-state index in [4.69, 9.17) is 16.3 Å². The molecular weight excluding hydrogens is 256 g/mol. The van der Waals surface area contributed by atoms with Crippen LogP contribution in [-0.2, 0) is 9.53 Å². The topological polar surface area (TPSA) is 67.4 Å². The summed E-state index contributed by atoms with van der Waals surface area (Å²) in [6, 6.07) is 6.72. The highest BCUT2D eigenvalue weighted by molar-refractivity contribution is 6.30. The summed E-state index contributed by atoms with van der Waals surface area (Å²) >= 11 is 5.73. The van der Waals surface area contributed by atoms with Crippen molar-refractivity contribution in [1.82, 2.24) is 5.32 Å². The van der Waals surface area contributed by atoms with E-state index >= 15 is 0 Å². The van der Waals surface area contributed by atoms with Crippen LogP contribution >= 0.6 is 11.6 Å². The molecular formula is C12H13ClN2O3. The minimum Gasteiger partial charge on any atom is -0.449 e. The van der Waals surface area contributed by atoms with Crippen molar-refractivity contribution in [2.24, 2.45) is 5.92 Å². The zero-order chi connectivity index (χ0) is 13.0. The minimum absolute atomic E-state index is 0.00158. The summed E-state index contributed by atoms with van der Waals surface area (Å²) in [5, 5.41) is 5.86. The molecule has 0 spiro atoms. The normalized spacial score (nSPS) is 18.3. The van der Waals surface area contributed by atoms with Crippen molar-refractivity contribution < 1.29 is 14.3 Å². The van der Waals surface area contributed by atoms with Crippen molar-refractivity contribution in [1.29, 1.82) is 0 Å². The molecule has 0 aromatic heterocycles. The van der Waals surface area contributed by atoms with Gasteiger partial charge in [0, 0.05) is 29.6 Å². The molecule has 0 aliphatic carbocycles. The number of halogens is 1. The zero-order valence-corrected chi connectivity index (χ0v) is 10.4. The van der Waals surface area contributed by atoms with Crippen LogP contribution in [0.15, 0.2) is 24.3 Å². The highest BCUT2D eigenvalue weighted by Crippen LogP contribution is 2.14. The number of rotatable bonds is 3. The van der Waals surface area contributed by atoms with E-state index in [1.165, 1.54) is 0 Å². The number of hydrogen-bond acceptors (Lipinski definition) is 3. The van der Waals surface area contributed by atoms with Gasteiger partial charge in [-0.15, -0.1) is 0 Å². The third-order valence-electron chi connectivity index (χ3n) is 2.60. The van der Waals surface area contributed by atoms with Crippen molar-refractivity contribution in [3.05, 3.63) is 29.3 Å². The summed E-state index contributed by atoms with van der Waals surface area (Å²) in [6.07, 6.45) is -0.120. The molecule has 96 valence electrons. The predicted octanol–water partition coefficient (Wildman–Crippen LogP) is 2.02. The Morgan fingerprint density at radius 2 is 2.17 bits per heavy atom. The molecule has 1 aromatic carbocycles. The van der Waals surface area contributed by atoms with Crippen LogP contribution in [-0.4, -0.2) is 25.2 Å². The number of ether oxygens (including phenoxy) is 1. The second-order valence-electron chi connectivity index (χ2n) is 4.10. The SMILES string of the molecule is O=C1CC(COC(=O)Nc2ccc(Cl)cc2)CN1. The third kappa shape index (κ3) is 3.63. The van der Waals surface area contributed by atoms with Crippen LogP contribution in [0.3, 0.4) is 0 Å². The molecule has 1 saturated heterocycles. The molecule has 0 radical (unpaired) electrons. The lowest BCUT2D eigenvalue weighted by atomic mass is 10.1. The van der Waals surface area contributed by atoms with Gasteiger partial charge in [0.1, 0.15) is 0 Å². The maximum atomic E-state index is 11.5. The van der Waals surface area contributed by atoms with Crippen LogP contribution in [0.25, 0.3) is 0 Å². The second kappa shape index (κ2) is 5.73. The molecule has 1 unspecified atom stereocenters. The smallest absolute Gasteiger partial charge is 0.411 e. The van der Waals surface area contributed by atoms with Gasteiger partial charge in [-0.25, -0.2) is 4.79 Å². The maximum absolute atomic E-state index is 11.5. The first kappa shape index (κ1) is 12.7. The Labute approximate surface area is 109 Å². The molecule has 1 aliphatic heterocycles. The third-order valence-corrected chi connectivity index (χ3v) is 2.85. The van der Waals surface area contributed by atoms with Crippen molar-refractivity contribution in [2.75, 3.05) is 18.5 Å². The maximum Gasteiger partial charge on any atom is 0.411 e. The fraction of sp³-hybridized carbons (Fsp3) is 0.333. The van der Waals surface area contributed by atoms with Gasteiger partial charge < -0.3 is 10.1 Å². The quantitative estimate of drug-likeness (QED) is 0.881. The van der Waals surface area contributed by atoms with E-state index in [-0.39, 0.29) is 18.4 Å². The highest BCUT2D eigenvalue weighted by atomic mass is 35.5. The van der Waals surface area contributed by atoms with Crippen LogP contribution in [0.2, 0.25) is 5.02 Å². The first-order chi connectivity index (χ1) is 8.63. The second-order valence-corrected chi connectivity index (χ2v) is 4.54. The van der Waals surface area contributed by atoms with Crippen LogP contribution in [0, 0.1) is 5.92 Å². The average molecular weight is 269 g/mol. The molecule has 0 bridgehead atoms. The number of carbonyl (C=O) groups is 2. The lowest BCUT2D eigenvalue weighted by Crippen LogP contribution is -2.20. The number of anilines is 1. The molecule has 5 nitrogen and oxygen atoms in total. The van der Waals surface area contributed by atoms with Gasteiger partial charge >= 0.3 is 6.09 Å². The number of amides is 2. The summed E-state index contributed by atoms with van der Waals surface area (Å²) in [7, 11) is 0. The van der Waals surface area contributed by atoms with E-state index in [2.05, 4.69) is 10.6 Å². The van der Waals surface area contributed by atoms with E-state index in [0.717, 1.165) is 0 Å². The number of benzene rings is 1. The van der Waals surface area contributed by atoms with Gasteiger partial charge in [0.15, 0.2) is 0 Å². The largest absolute Gasteiger partial charge is 0.449 e. The first-order valence-electron chi connectivity index (χ1n) is 5.59. The summed E-state index contributed by atoms with van der Waals surface area (Å²) < 4.78 is 5.03. The first-order valence-corrected chi connectivity index (χ1v) is 5.97. The average Bonchev–Trinajstić information content (AvgIpc) is 2.76. The van der Waals surface area contributed by atoms with Gasteiger partial charge in [-0.2, -0.15) is 0 Å². The van der Waals surface area contributed by atoms with E-state index in [1.807, 2.05) is 0 Å². The molecule has 2 amide bonds. The van der Waals surface area contributed by atoms with E-state index in [9.17, 15) is 9.59 Å². The molecule has 2 N–H and O–H groups in total. The predicted molar refractivity (Wildman–Crippen MR) is 67.5 cm³/mol. The van der Waals surface area contributed by atoms with E-state index in [0.29, 0.717) is 23.7 Å². The molecule has 1 aliphatic rings. The van der Waals surface area contributed by atoms with Crippen LogP contribution in [0.5, 0.6) is 0 Å². The van der Waals surface area contributed by atoms with Gasteiger partial charge in [0.25, 0.3) is 0 Å². The Morgan fingerprint density at radius 3 is 2.78 bits per heavy atom. The highest BCUT2D eigenvalue weighted by Gasteiger charge is 2.22. The van der Waals surface area contributed by atoms with Crippen LogP contribution < -0.4 is 10.6 Å². The monoisotopic (exact) mass is 268 g/mol. The molecule has 0 saturated carbocycles. The van der Waals surface area contributed by atoms with Gasteiger partial charge in [0.05, 0.1) is 6.61 Å². The van der Waals surface area contributed by atoms with Gasteiger partial charge in [-0.1, -0.05) is 11.6 Å². The molecule has 1 aromatic rings. The van der Waals surface area contributed by atoms with Crippen molar-refractivity contribution >= 4 is 29.3 Å². The van der Waals surface area contributed by atoms with Gasteiger partial charge in [-0.05, 0) is 24.3 Å². The minimum atomic E-state index is -0.531. The number of hydrogen-bond donors (Lipinski definition) is 2. The van der Waals surface area contributed by atoms with Crippen molar-refractivity contribution in [3.63, 3.8) is 0 Å². The Bertz CT molecular complexity index is 447. The van der Waals surface area contributed by atoms with Crippen LogP contribution in [0.4, 0.5) is 10.5 Å². The Kier molecular flexibility index (Phi) is 4.04. The molecule has 1 atom stereocenters. The molecule has 18 heavy (non-hydrogen) atoms. The fourth-order valence-electron chi connectivity index (χ4n) is 1.66. The van der Waals surface area contributed by atoms with Gasteiger partial charge in [0.2, 0.25) is 5.91 Å². The standard InChI is InChI=1S/C12H13ClN2O3/c13-9-1-3-10(4-2-9)15-12(17)18-7-8-5-11(16)14-6-8/h1-4,8H,5-7H2,(H,14,16)(H,15,17). The number of nitrogens with one attached hydrogen (secondary N) is 2. The Hall–Kier alpha value is -1.75. The number of carbonyl (C=O) groups excluding carboxylic acids is 2. The van der Waals surface area contributed by atoms with Crippen molar-refractivity contribution in [2.45, 2.75) is 6.42 Å². The summed E-state index contributed by atoms with van der Waals surface area (Å²) in [5.41, 5.74) is 0.616. The molecule has 1 heterocycles. The van der Waals surface area contributed by atoms with Crippen molar-refractivity contribution in [3.8, 4) is 0 Å². The Morgan fingerprint density at radius 1 is 1.44 bits per heavy atom. The summed E-state index contributed by atoms with van der Waals surface area (Å²) in [4.78, 5) is 22.4. The van der Waals surface area contributed by atoms with Gasteiger partial charge in [-0.3, -0.25) is 10.1 Å². The molecule has 1 fully saturated rings. The lowest BCUT2D eigenvalue weighted by Gasteiger charge is -2.09. The fourth-order valence-corrected chi connectivity index (χ4v) is 1.79. The van der Waals surface area contributed by atoms with E-state index in [1.54, 1.807) is 24.3 Å². The molecule has 2 rings (SSSR count). The molecule has 6 heteroatoms. The summed E-state index contributed by atoms with van der Waals surface area (Å²) in [6.45, 7) is 0.797. The van der Waals surface area contributed by atoms with Crippen LogP contribution in [0.1, 0.15) is 6.42 Å².